The molecule has 0 aliphatic heterocycles. The molecule has 0 saturated heterocycles. The Morgan fingerprint density at radius 3 is 2.16 bits per heavy atom. The Morgan fingerprint density at radius 1 is 0.844 bits per heavy atom. The van der Waals surface area contributed by atoms with Crippen molar-refractivity contribution in [3.05, 3.63) is 76.8 Å². The van der Waals surface area contributed by atoms with Gasteiger partial charge in [0.2, 0.25) is 0 Å². The van der Waals surface area contributed by atoms with Gasteiger partial charge in [0.25, 0.3) is 0 Å². The molecule has 1 heterocycles. The summed E-state index contributed by atoms with van der Waals surface area (Å²) in [6.45, 7) is 0. The number of nitrogens with zero attached hydrogens (tertiary/aromatic N) is 1. The molecule has 0 unspecified atom stereocenters. The molecule has 0 amide bonds. The number of alkyl halides is 3. The van der Waals surface area contributed by atoms with E-state index in [0.29, 0.717) is 38.6 Å². The van der Waals surface area contributed by atoms with Crippen molar-refractivity contribution in [2.75, 3.05) is 14.2 Å². The van der Waals surface area contributed by atoms with Gasteiger partial charge in [-0.3, -0.25) is 0 Å². The first-order valence-electron chi connectivity index (χ1n) is 9.57. The van der Waals surface area contributed by atoms with Crippen LogP contribution in [0.5, 0.6) is 11.5 Å². The highest BCUT2D eigenvalue weighted by Gasteiger charge is 2.34. The number of hydrogen-bond acceptors (Lipinski definition) is 3. The Kier molecular flexibility index (Phi) is 5.97. The number of methoxy groups -OCH3 is 2. The Hall–Kier alpha value is -3.26. The van der Waals surface area contributed by atoms with Gasteiger partial charge >= 0.3 is 6.18 Å². The number of nitrogens with one attached hydrogen (secondary N) is 1. The van der Waals surface area contributed by atoms with E-state index in [-0.39, 0.29) is 11.3 Å². The predicted octanol–water partition coefficient (Wildman–Crippen LogP) is 7.21. The van der Waals surface area contributed by atoms with Crippen LogP contribution < -0.4 is 9.47 Å². The highest BCUT2D eigenvalue weighted by atomic mass is 79.9. The molecule has 0 spiro atoms. The molecule has 1 aromatic heterocycles. The lowest BCUT2D eigenvalue weighted by molar-refractivity contribution is -0.137. The minimum absolute atomic E-state index is 0.0177. The van der Waals surface area contributed by atoms with Crippen molar-refractivity contribution in [3.8, 4) is 45.4 Å². The highest BCUT2D eigenvalue weighted by molar-refractivity contribution is 9.10. The molecule has 0 atom stereocenters. The first kappa shape index (κ1) is 22.0. The van der Waals surface area contributed by atoms with Crippen LogP contribution in [0.4, 0.5) is 13.2 Å². The molecule has 3 aromatic carbocycles. The summed E-state index contributed by atoms with van der Waals surface area (Å²) in [5.74, 6) is 1.40. The van der Waals surface area contributed by atoms with E-state index in [4.69, 9.17) is 14.5 Å². The van der Waals surface area contributed by atoms with Crippen LogP contribution in [-0.4, -0.2) is 24.2 Å². The van der Waals surface area contributed by atoms with Crippen molar-refractivity contribution in [1.29, 1.82) is 0 Å². The summed E-state index contributed by atoms with van der Waals surface area (Å²) in [6, 6.07) is 18.0. The first-order valence-corrected chi connectivity index (χ1v) is 10.4. The van der Waals surface area contributed by atoms with Crippen LogP contribution in [0.25, 0.3) is 33.9 Å². The van der Waals surface area contributed by atoms with Crippen LogP contribution >= 0.6 is 15.9 Å². The quantitative estimate of drug-likeness (QED) is 0.313. The largest absolute Gasteiger partial charge is 0.496 e. The number of benzene rings is 3. The van der Waals surface area contributed by atoms with E-state index in [9.17, 15) is 13.2 Å². The van der Waals surface area contributed by atoms with Crippen LogP contribution in [0.3, 0.4) is 0 Å². The third-order valence-electron chi connectivity index (χ3n) is 4.98. The van der Waals surface area contributed by atoms with Gasteiger partial charge < -0.3 is 14.5 Å². The van der Waals surface area contributed by atoms with Crippen LogP contribution in [0.2, 0.25) is 0 Å². The second kappa shape index (κ2) is 8.70. The molecule has 0 aliphatic rings. The van der Waals surface area contributed by atoms with Gasteiger partial charge in [0, 0.05) is 17.2 Å². The van der Waals surface area contributed by atoms with Crippen LogP contribution in [-0.2, 0) is 6.18 Å². The lowest BCUT2D eigenvalue weighted by atomic mass is 10.00. The van der Waals surface area contributed by atoms with Crippen molar-refractivity contribution in [2.24, 2.45) is 0 Å². The normalized spacial score (nSPS) is 11.4. The van der Waals surface area contributed by atoms with Gasteiger partial charge in [0.1, 0.15) is 17.3 Å². The van der Waals surface area contributed by atoms with E-state index in [2.05, 4.69) is 20.9 Å². The predicted molar refractivity (Wildman–Crippen MR) is 121 cm³/mol. The molecule has 0 radical (unpaired) electrons. The second-order valence-electron chi connectivity index (χ2n) is 6.91. The van der Waals surface area contributed by atoms with Crippen molar-refractivity contribution in [1.82, 2.24) is 9.97 Å². The molecule has 0 fully saturated rings. The molecule has 8 heteroatoms. The number of aromatic nitrogens is 2. The van der Waals surface area contributed by atoms with Crippen molar-refractivity contribution in [3.63, 3.8) is 0 Å². The first-order chi connectivity index (χ1) is 15.3. The molecular formula is C24H18BrF3N2O2. The minimum Gasteiger partial charge on any atom is -0.496 e. The molecule has 164 valence electrons. The Labute approximate surface area is 191 Å². The lowest BCUT2D eigenvalue weighted by Crippen LogP contribution is -2.07. The third kappa shape index (κ3) is 4.10. The van der Waals surface area contributed by atoms with E-state index in [1.54, 1.807) is 30.3 Å². The minimum atomic E-state index is -4.52. The molecule has 4 aromatic rings. The number of rotatable bonds is 5. The molecular weight excluding hydrogens is 485 g/mol. The second-order valence-corrected chi connectivity index (χ2v) is 7.76. The third-order valence-corrected chi connectivity index (χ3v) is 5.60. The average Bonchev–Trinajstić information content (AvgIpc) is 3.24. The van der Waals surface area contributed by atoms with E-state index < -0.39 is 11.7 Å². The number of aromatic amines is 1. The van der Waals surface area contributed by atoms with Crippen LogP contribution in [0, 0.1) is 0 Å². The summed E-state index contributed by atoms with van der Waals surface area (Å²) in [4.78, 5) is 7.80. The summed E-state index contributed by atoms with van der Waals surface area (Å²) in [7, 11) is 3.04. The lowest BCUT2D eigenvalue weighted by Gasteiger charge is -2.13. The van der Waals surface area contributed by atoms with E-state index >= 15 is 0 Å². The van der Waals surface area contributed by atoms with Crippen molar-refractivity contribution in [2.45, 2.75) is 6.18 Å². The summed E-state index contributed by atoms with van der Waals surface area (Å²) in [6.07, 6.45) is -4.52. The fourth-order valence-corrected chi connectivity index (χ4v) is 4.00. The Balaban J connectivity index is 1.99. The number of imidazole rings is 1. The van der Waals surface area contributed by atoms with Crippen molar-refractivity contribution < 1.29 is 22.6 Å². The standard InChI is InChI=1S/C24H18BrF3N2O2/c1-31-19-13-20(32-2)18(25)12-16(19)23-29-21(14-8-4-3-5-9-14)22(30-23)15-10-6-7-11-17(15)24(26,27)28/h3-13H,1-2H3,(H,29,30). The Bertz CT molecular complexity index is 1250. The van der Waals surface area contributed by atoms with Gasteiger partial charge in [-0.2, -0.15) is 13.2 Å². The zero-order valence-corrected chi connectivity index (χ0v) is 18.7. The highest BCUT2D eigenvalue weighted by Crippen LogP contribution is 2.43. The number of H-pyrrole nitrogens is 1. The molecule has 0 aliphatic carbocycles. The molecule has 4 rings (SSSR count). The SMILES string of the molecule is COc1cc(OC)c(-c2nc(-c3ccccc3)c(-c3ccccc3C(F)(F)F)[nH]2)cc1Br. The Morgan fingerprint density at radius 2 is 1.50 bits per heavy atom. The van der Waals surface area contributed by atoms with E-state index in [0.717, 1.165) is 6.07 Å². The maximum atomic E-state index is 13.8. The molecule has 1 N–H and O–H groups in total. The zero-order chi connectivity index (χ0) is 22.9. The summed E-state index contributed by atoms with van der Waals surface area (Å²) >= 11 is 3.45. The molecule has 0 bridgehead atoms. The van der Waals surface area contributed by atoms with Gasteiger partial charge in [0.15, 0.2) is 0 Å². The molecule has 32 heavy (non-hydrogen) atoms. The van der Waals surface area contributed by atoms with Gasteiger partial charge in [-0.05, 0) is 28.1 Å². The number of halogens is 4. The molecule has 0 saturated carbocycles. The van der Waals surface area contributed by atoms with Gasteiger partial charge in [-0.1, -0.05) is 48.5 Å². The number of ether oxygens (including phenoxy) is 2. The topological polar surface area (TPSA) is 47.1 Å². The average molecular weight is 503 g/mol. The van der Waals surface area contributed by atoms with E-state index in [1.807, 2.05) is 18.2 Å². The van der Waals surface area contributed by atoms with Crippen LogP contribution in [0.1, 0.15) is 5.56 Å². The fourth-order valence-electron chi connectivity index (χ4n) is 3.49. The number of hydrogen-bond donors (Lipinski definition) is 1. The fraction of sp³-hybridized carbons (Fsp3) is 0.125. The smallest absolute Gasteiger partial charge is 0.417 e. The van der Waals surface area contributed by atoms with Gasteiger partial charge in [0.05, 0.1) is 41.2 Å². The van der Waals surface area contributed by atoms with Gasteiger partial charge in [-0.15, -0.1) is 0 Å². The monoisotopic (exact) mass is 502 g/mol. The van der Waals surface area contributed by atoms with Gasteiger partial charge in [-0.25, -0.2) is 4.98 Å². The van der Waals surface area contributed by atoms with E-state index in [1.165, 1.54) is 26.4 Å². The maximum absolute atomic E-state index is 13.8. The van der Waals surface area contributed by atoms with Crippen LogP contribution in [0.15, 0.2) is 71.2 Å². The van der Waals surface area contributed by atoms with Crippen molar-refractivity contribution >= 4 is 15.9 Å². The summed E-state index contributed by atoms with van der Waals surface area (Å²) < 4.78 is 52.8. The summed E-state index contributed by atoms with van der Waals surface area (Å²) in [5, 5.41) is 0. The zero-order valence-electron chi connectivity index (χ0n) is 17.1. The summed E-state index contributed by atoms with van der Waals surface area (Å²) in [5.41, 5.74) is 1.22. The maximum Gasteiger partial charge on any atom is 0.417 e. The molecule has 4 nitrogen and oxygen atoms in total.